The van der Waals surface area contributed by atoms with Crippen LogP contribution < -0.4 is 5.32 Å². The first kappa shape index (κ1) is 19.0. The van der Waals surface area contributed by atoms with Crippen LogP contribution in [0, 0.1) is 5.92 Å². The van der Waals surface area contributed by atoms with Crippen LogP contribution in [0.1, 0.15) is 32.3 Å². The average molecular weight is 323 g/mol. The van der Waals surface area contributed by atoms with Gasteiger partial charge in [-0.2, -0.15) is 0 Å². The highest BCUT2D eigenvalue weighted by atomic mass is 16.5. The number of rotatable bonds is 8. The third-order valence-electron chi connectivity index (χ3n) is 3.77. The molecule has 0 aromatic heterocycles. The minimum atomic E-state index is -1.03. The van der Waals surface area contributed by atoms with Gasteiger partial charge in [0.05, 0.1) is 25.7 Å². The predicted octanol–water partition coefficient (Wildman–Crippen LogP) is 2.25. The topological polar surface area (TPSA) is 84.9 Å². The number of methoxy groups -OCH3 is 1. The van der Waals surface area contributed by atoms with Crippen molar-refractivity contribution < 1.29 is 24.2 Å². The normalized spacial score (nSPS) is 14.4. The van der Waals surface area contributed by atoms with E-state index in [-0.39, 0.29) is 18.9 Å². The van der Waals surface area contributed by atoms with Gasteiger partial charge in [-0.25, -0.2) is 4.79 Å². The Bertz CT molecular complexity index is 491. The zero-order valence-electron chi connectivity index (χ0n) is 13.8. The Balaban J connectivity index is 2.58. The van der Waals surface area contributed by atoms with E-state index in [0.717, 1.165) is 12.0 Å². The maximum Gasteiger partial charge on any atom is 0.407 e. The molecule has 0 spiro atoms. The van der Waals surface area contributed by atoms with Crippen LogP contribution in [-0.4, -0.2) is 36.4 Å². The van der Waals surface area contributed by atoms with Crippen LogP contribution in [0.4, 0.5) is 4.79 Å². The van der Waals surface area contributed by atoms with Crippen LogP contribution in [0.5, 0.6) is 0 Å². The number of aliphatic hydroxyl groups excluding tert-OH is 1. The Labute approximate surface area is 136 Å². The molecule has 1 aromatic rings. The number of carbonyl (C=O) groups is 2. The molecule has 6 heteroatoms. The van der Waals surface area contributed by atoms with Gasteiger partial charge in [0.15, 0.2) is 0 Å². The van der Waals surface area contributed by atoms with Crippen molar-refractivity contribution >= 4 is 12.1 Å². The van der Waals surface area contributed by atoms with Gasteiger partial charge < -0.3 is 19.9 Å². The Kier molecular flexibility index (Phi) is 8.11. The minimum absolute atomic E-state index is 0.0149. The van der Waals surface area contributed by atoms with Crippen LogP contribution in [0.3, 0.4) is 0 Å². The lowest BCUT2D eigenvalue weighted by molar-refractivity contribution is -0.143. The fourth-order valence-corrected chi connectivity index (χ4v) is 2.15. The Hall–Kier alpha value is -2.08. The molecule has 6 nitrogen and oxygen atoms in total. The van der Waals surface area contributed by atoms with Gasteiger partial charge in [0.1, 0.15) is 6.61 Å². The van der Waals surface area contributed by atoms with E-state index in [1.807, 2.05) is 44.2 Å². The van der Waals surface area contributed by atoms with Gasteiger partial charge in [-0.3, -0.25) is 4.79 Å². The number of hydrogen-bond acceptors (Lipinski definition) is 5. The molecule has 3 atom stereocenters. The van der Waals surface area contributed by atoms with E-state index in [1.165, 1.54) is 7.11 Å². The van der Waals surface area contributed by atoms with Crippen molar-refractivity contribution in [2.75, 3.05) is 7.11 Å². The molecule has 2 N–H and O–H groups in total. The number of aliphatic hydroxyl groups is 1. The van der Waals surface area contributed by atoms with Gasteiger partial charge in [-0.05, 0) is 11.5 Å². The monoisotopic (exact) mass is 323 g/mol. The fraction of sp³-hybridized carbons (Fsp3) is 0.529. The van der Waals surface area contributed by atoms with Crippen molar-refractivity contribution in [3.05, 3.63) is 35.9 Å². The molecule has 0 radical (unpaired) electrons. The van der Waals surface area contributed by atoms with Gasteiger partial charge in [-0.15, -0.1) is 0 Å². The lowest BCUT2D eigenvalue weighted by Gasteiger charge is -2.28. The van der Waals surface area contributed by atoms with Crippen LogP contribution in [0.15, 0.2) is 30.3 Å². The summed E-state index contributed by atoms with van der Waals surface area (Å²) in [6.07, 6.45) is -1.09. The molecule has 1 rings (SSSR count). The standard InChI is InChI=1S/C17H25NO5/c1-4-12(2)16(14(19)10-15(20)22-3)18-17(21)23-11-13-8-6-5-7-9-13/h5-9,12,14,16,19H,4,10-11H2,1-3H3,(H,18,21)/t12-,14-,16+/m0/s1. The SMILES string of the molecule is CC[C@H](C)[C@@H](NC(=O)OCc1ccccc1)[C@@H](O)CC(=O)OC. The van der Waals surface area contributed by atoms with Crippen molar-refractivity contribution in [3.8, 4) is 0 Å². The summed E-state index contributed by atoms with van der Waals surface area (Å²) in [4.78, 5) is 23.3. The van der Waals surface area contributed by atoms with E-state index >= 15 is 0 Å². The first-order chi connectivity index (χ1) is 11.0. The molecule has 0 aliphatic carbocycles. The maximum atomic E-state index is 11.9. The molecular formula is C17H25NO5. The third kappa shape index (κ3) is 6.69. The summed E-state index contributed by atoms with van der Waals surface area (Å²) in [6, 6.07) is 8.72. The Morgan fingerprint density at radius 2 is 1.91 bits per heavy atom. The second-order valence-corrected chi connectivity index (χ2v) is 5.46. The number of ether oxygens (including phenoxy) is 2. The molecule has 0 bridgehead atoms. The van der Waals surface area contributed by atoms with Crippen molar-refractivity contribution in [1.29, 1.82) is 0 Å². The van der Waals surface area contributed by atoms with Crippen LogP contribution in [0.25, 0.3) is 0 Å². The van der Waals surface area contributed by atoms with E-state index in [0.29, 0.717) is 0 Å². The fourth-order valence-electron chi connectivity index (χ4n) is 2.15. The molecule has 128 valence electrons. The van der Waals surface area contributed by atoms with E-state index in [4.69, 9.17) is 4.74 Å². The first-order valence-electron chi connectivity index (χ1n) is 7.70. The number of alkyl carbamates (subject to hydrolysis) is 1. The highest BCUT2D eigenvalue weighted by Gasteiger charge is 2.28. The van der Waals surface area contributed by atoms with Crippen LogP contribution >= 0.6 is 0 Å². The zero-order chi connectivity index (χ0) is 17.2. The second kappa shape index (κ2) is 9.84. The lowest BCUT2D eigenvalue weighted by Crippen LogP contribution is -2.48. The summed E-state index contributed by atoms with van der Waals surface area (Å²) in [6.45, 7) is 3.98. The van der Waals surface area contributed by atoms with E-state index in [2.05, 4.69) is 10.1 Å². The number of amides is 1. The molecule has 0 aliphatic heterocycles. The van der Waals surface area contributed by atoms with Crippen molar-refractivity contribution in [2.45, 2.75) is 45.4 Å². The quantitative estimate of drug-likeness (QED) is 0.717. The van der Waals surface area contributed by atoms with Crippen LogP contribution in [0.2, 0.25) is 0 Å². The number of benzene rings is 1. The summed E-state index contributed by atoms with van der Waals surface area (Å²) in [5, 5.41) is 12.8. The molecule has 1 amide bonds. The summed E-state index contributed by atoms with van der Waals surface area (Å²) in [7, 11) is 1.26. The minimum Gasteiger partial charge on any atom is -0.469 e. The van der Waals surface area contributed by atoms with Gasteiger partial charge in [-0.1, -0.05) is 50.6 Å². The number of esters is 1. The van der Waals surface area contributed by atoms with Crippen LogP contribution in [-0.2, 0) is 20.9 Å². The number of carbonyl (C=O) groups excluding carboxylic acids is 2. The molecule has 0 aliphatic rings. The van der Waals surface area contributed by atoms with E-state index in [9.17, 15) is 14.7 Å². The highest BCUT2D eigenvalue weighted by molar-refractivity contribution is 5.70. The van der Waals surface area contributed by atoms with Crippen molar-refractivity contribution in [1.82, 2.24) is 5.32 Å². The Morgan fingerprint density at radius 3 is 2.48 bits per heavy atom. The average Bonchev–Trinajstić information content (AvgIpc) is 2.57. The number of hydrogen-bond donors (Lipinski definition) is 2. The number of nitrogens with one attached hydrogen (secondary N) is 1. The molecule has 0 fully saturated rings. The van der Waals surface area contributed by atoms with E-state index < -0.39 is 24.2 Å². The zero-order valence-corrected chi connectivity index (χ0v) is 13.8. The third-order valence-corrected chi connectivity index (χ3v) is 3.77. The molecule has 0 unspecified atom stereocenters. The molecule has 0 saturated heterocycles. The second-order valence-electron chi connectivity index (χ2n) is 5.46. The largest absolute Gasteiger partial charge is 0.469 e. The van der Waals surface area contributed by atoms with Gasteiger partial charge in [0, 0.05) is 0 Å². The maximum absolute atomic E-state index is 11.9. The molecule has 1 aromatic carbocycles. The molecular weight excluding hydrogens is 298 g/mol. The summed E-state index contributed by atoms with van der Waals surface area (Å²) >= 11 is 0. The van der Waals surface area contributed by atoms with Crippen molar-refractivity contribution in [2.24, 2.45) is 5.92 Å². The predicted molar refractivity (Wildman–Crippen MR) is 85.6 cm³/mol. The molecule has 0 saturated carbocycles. The van der Waals surface area contributed by atoms with Crippen molar-refractivity contribution in [3.63, 3.8) is 0 Å². The van der Waals surface area contributed by atoms with Gasteiger partial charge >= 0.3 is 12.1 Å². The summed E-state index contributed by atoms with van der Waals surface area (Å²) in [5.41, 5.74) is 0.873. The summed E-state index contributed by atoms with van der Waals surface area (Å²) in [5.74, 6) is -0.538. The smallest absolute Gasteiger partial charge is 0.407 e. The van der Waals surface area contributed by atoms with Gasteiger partial charge in [0.2, 0.25) is 0 Å². The molecule has 23 heavy (non-hydrogen) atoms. The lowest BCUT2D eigenvalue weighted by atomic mass is 9.93. The summed E-state index contributed by atoms with van der Waals surface area (Å²) < 4.78 is 9.71. The molecule has 0 heterocycles. The van der Waals surface area contributed by atoms with E-state index in [1.54, 1.807) is 0 Å². The van der Waals surface area contributed by atoms with Gasteiger partial charge in [0.25, 0.3) is 0 Å². The first-order valence-corrected chi connectivity index (χ1v) is 7.70. The Morgan fingerprint density at radius 1 is 1.26 bits per heavy atom. The highest BCUT2D eigenvalue weighted by Crippen LogP contribution is 2.15.